The van der Waals surface area contributed by atoms with Crippen LogP contribution in [0.15, 0.2) is 18.7 Å². The molecule has 0 spiro atoms. The molecule has 1 unspecified atom stereocenters. The highest BCUT2D eigenvalue weighted by atomic mass is 35.5. The van der Waals surface area contributed by atoms with Crippen LogP contribution in [0.4, 0.5) is 10.5 Å². The first-order valence-electron chi connectivity index (χ1n) is 4.10. The van der Waals surface area contributed by atoms with E-state index < -0.39 is 17.3 Å². The standard InChI is InChI=1S/C8H9ClN4O2/c1-5(9)7(14)13-8(15)12-6-2-10-4-11-3-6/h2-5H,1H3,(H2,12,13,14,15). The summed E-state index contributed by atoms with van der Waals surface area (Å²) in [5.41, 5.74) is 0.394. The fraction of sp³-hybridized carbons (Fsp3) is 0.250. The Balaban J connectivity index is 2.47. The van der Waals surface area contributed by atoms with Crippen LogP contribution in [-0.4, -0.2) is 27.3 Å². The van der Waals surface area contributed by atoms with Gasteiger partial charge in [-0.05, 0) is 6.92 Å². The molecule has 80 valence electrons. The van der Waals surface area contributed by atoms with Gasteiger partial charge in [0.25, 0.3) is 0 Å². The van der Waals surface area contributed by atoms with E-state index in [-0.39, 0.29) is 0 Å². The summed E-state index contributed by atoms with van der Waals surface area (Å²) < 4.78 is 0. The number of rotatable bonds is 2. The number of carbonyl (C=O) groups is 2. The molecule has 0 bridgehead atoms. The third-order valence-electron chi connectivity index (χ3n) is 1.42. The quantitative estimate of drug-likeness (QED) is 0.732. The maximum Gasteiger partial charge on any atom is 0.326 e. The SMILES string of the molecule is CC(Cl)C(=O)NC(=O)Nc1cncnc1. The maximum atomic E-state index is 11.2. The second kappa shape index (κ2) is 5.26. The third-order valence-corrected chi connectivity index (χ3v) is 1.61. The molecule has 1 atom stereocenters. The molecule has 0 aliphatic heterocycles. The lowest BCUT2D eigenvalue weighted by molar-refractivity contribution is -0.119. The monoisotopic (exact) mass is 228 g/mol. The third kappa shape index (κ3) is 3.90. The van der Waals surface area contributed by atoms with Crippen LogP contribution in [0.3, 0.4) is 0 Å². The number of anilines is 1. The second-order valence-electron chi connectivity index (χ2n) is 2.69. The molecule has 0 radical (unpaired) electrons. The molecular weight excluding hydrogens is 220 g/mol. The minimum absolute atomic E-state index is 0.394. The molecule has 1 heterocycles. The van der Waals surface area contributed by atoms with Crippen molar-refractivity contribution in [1.29, 1.82) is 0 Å². The lowest BCUT2D eigenvalue weighted by Crippen LogP contribution is -2.38. The molecule has 1 rings (SSSR count). The van der Waals surface area contributed by atoms with Gasteiger partial charge < -0.3 is 5.32 Å². The second-order valence-corrected chi connectivity index (χ2v) is 3.34. The Labute approximate surface area is 91.1 Å². The summed E-state index contributed by atoms with van der Waals surface area (Å²) in [4.78, 5) is 29.6. The number of nitrogens with one attached hydrogen (secondary N) is 2. The van der Waals surface area contributed by atoms with Gasteiger partial charge in [0, 0.05) is 0 Å². The Morgan fingerprint density at radius 3 is 2.53 bits per heavy atom. The molecule has 15 heavy (non-hydrogen) atoms. The van der Waals surface area contributed by atoms with Crippen molar-refractivity contribution >= 4 is 29.2 Å². The number of halogens is 1. The Morgan fingerprint density at radius 1 is 1.40 bits per heavy atom. The van der Waals surface area contributed by atoms with Crippen molar-refractivity contribution in [2.24, 2.45) is 0 Å². The van der Waals surface area contributed by atoms with Gasteiger partial charge in [-0.15, -0.1) is 11.6 Å². The number of urea groups is 1. The van der Waals surface area contributed by atoms with Crippen LogP contribution in [0.1, 0.15) is 6.92 Å². The highest BCUT2D eigenvalue weighted by molar-refractivity contribution is 6.31. The first kappa shape index (κ1) is 11.4. The van der Waals surface area contributed by atoms with Gasteiger partial charge in [-0.25, -0.2) is 14.8 Å². The Bertz CT molecular complexity index is 355. The summed E-state index contributed by atoms with van der Waals surface area (Å²) in [6, 6.07) is -0.665. The molecule has 0 saturated carbocycles. The summed E-state index contributed by atoms with van der Waals surface area (Å²) in [6.07, 6.45) is 4.14. The molecule has 1 aromatic heterocycles. The van der Waals surface area contributed by atoms with Crippen molar-refractivity contribution in [3.63, 3.8) is 0 Å². The lowest BCUT2D eigenvalue weighted by Gasteiger charge is -2.06. The van der Waals surface area contributed by atoms with Gasteiger partial charge in [0.15, 0.2) is 0 Å². The van der Waals surface area contributed by atoms with Gasteiger partial charge in [-0.2, -0.15) is 0 Å². The predicted octanol–water partition coefficient (Wildman–Crippen LogP) is 0.752. The van der Waals surface area contributed by atoms with Crippen molar-refractivity contribution in [3.05, 3.63) is 18.7 Å². The minimum Gasteiger partial charge on any atom is -0.305 e. The van der Waals surface area contributed by atoms with E-state index in [2.05, 4.69) is 20.6 Å². The number of hydrogen-bond donors (Lipinski definition) is 2. The molecule has 0 aliphatic rings. The van der Waals surface area contributed by atoms with Gasteiger partial charge in [-0.1, -0.05) is 0 Å². The minimum atomic E-state index is -0.761. The van der Waals surface area contributed by atoms with Gasteiger partial charge in [0.05, 0.1) is 18.1 Å². The van der Waals surface area contributed by atoms with E-state index in [0.29, 0.717) is 5.69 Å². The van der Waals surface area contributed by atoms with Crippen LogP contribution >= 0.6 is 11.6 Å². The fourth-order valence-electron chi connectivity index (χ4n) is 0.737. The van der Waals surface area contributed by atoms with Crippen LogP contribution < -0.4 is 10.6 Å². The molecule has 7 heteroatoms. The number of amides is 3. The highest BCUT2D eigenvalue weighted by Crippen LogP contribution is 1.99. The van der Waals surface area contributed by atoms with E-state index in [9.17, 15) is 9.59 Å². The summed E-state index contributed by atoms with van der Waals surface area (Å²) >= 11 is 5.46. The van der Waals surface area contributed by atoms with Gasteiger partial charge in [-0.3, -0.25) is 10.1 Å². The average Bonchev–Trinajstić information content (AvgIpc) is 2.18. The zero-order valence-corrected chi connectivity index (χ0v) is 8.65. The van der Waals surface area contributed by atoms with Crippen molar-refractivity contribution in [2.45, 2.75) is 12.3 Å². The first-order chi connectivity index (χ1) is 7.09. The van der Waals surface area contributed by atoms with Crippen LogP contribution in [-0.2, 0) is 4.79 Å². The zero-order chi connectivity index (χ0) is 11.3. The average molecular weight is 229 g/mol. The largest absolute Gasteiger partial charge is 0.326 e. The van der Waals surface area contributed by atoms with E-state index in [4.69, 9.17) is 11.6 Å². The molecule has 0 aliphatic carbocycles. The molecule has 2 N–H and O–H groups in total. The summed E-state index contributed by atoms with van der Waals surface area (Å²) in [5.74, 6) is -0.564. The van der Waals surface area contributed by atoms with Crippen molar-refractivity contribution in [3.8, 4) is 0 Å². The molecule has 1 aromatic rings. The maximum absolute atomic E-state index is 11.2. The topological polar surface area (TPSA) is 84.0 Å². The summed E-state index contributed by atoms with van der Waals surface area (Å²) in [7, 11) is 0. The van der Waals surface area contributed by atoms with E-state index >= 15 is 0 Å². The van der Waals surface area contributed by atoms with Crippen molar-refractivity contribution < 1.29 is 9.59 Å². The van der Waals surface area contributed by atoms with E-state index in [1.165, 1.54) is 25.6 Å². The molecule has 6 nitrogen and oxygen atoms in total. The van der Waals surface area contributed by atoms with Gasteiger partial charge in [0.2, 0.25) is 5.91 Å². The van der Waals surface area contributed by atoms with Crippen LogP contribution in [0.25, 0.3) is 0 Å². The van der Waals surface area contributed by atoms with E-state index in [0.717, 1.165) is 0 Å². The normalized spacial score (nSPS) is 11.6. The van der Waals surface area contributed by atoms with Crippen molar-refractivity contribution in [2.75, 3.05) is 5.32 Å². The summed E-state index contributed by atoms with van der Waals surface area (Å²) in [6.45, 7) is 1.47. The smallest absolute Gasteiger partial charge is 0.305 e. The summed E-state index contributed by atoms with van der Waals surface area (Å²) in [5, 5.41) is 3.66. The number of alkyl halides is 1. The first-order valence-corrected chi connectivity index (χ1v) is 4.54. The molecule has 3 amide bonds. The Kier molecular flexibility index (Phi) is 3.99. The van der Waals surface area contributed by atoms with Crippen LogP contribution in [0.5, 0.6) is 0 Å². The zero-order valence-electron chi connectivity index (χ0n) is 7.90. The molecule has 0 fully saturated rings. The number of carbonyl (C=O) groups excluding carboxylic acids is 2. The molecule has 0 aromatic carbocycles. The lowest BCUT2D eigenvalue weighted by atomic mass is 10.4. The fourth-order valence-corrected chi connectivity index (χ4v) is 0.792. The number of imide groups is 1. The van der Waals surface area contributed by atoms with Gasteiger partial charge >= 0.3 is 6.03 Å². The number of aromatic nitrogens is 2. The Hall–Kier alpha value is -1.69. The van der Waals surface area contributed by atoms with Gasteiger partial charge in [0.1, 0.15) is 11.7 Å². The van der Waals surface area contributed by atoms with Crippen LogP contribution in [0.2, 0.25) is 0 Å². The molecular formula is C8H9ClN4O2. The Morgan fingerprint density at radius 2 is 2.00 bits per heavy atom. The number of nitrogens with zero attached hydrogens (tertiary/aromatic N) is 2. The number of hydrogen-bond acceptors (Lipinski definition) is 4. The van der Waals surface area contributed by atoms with E-state index in [1.54, 1.807) is 0 Å². The van der Waals surface area contributed by atoms with Crippen LogP contribution in [0, 0.1) is 0 Å². The molecule has 0 saturated heterocycles. The van der Waals surface area contributed by atoms with Crippen molar-refractivity contribution in [1.82, 2.24) is 15.3 Å². The highest BCUT2D eigenvalue weighted by Gasteiger charge is 2.12. The predicted molar refractivity (Wildman–Crippen MR) is 54.5 cm³/mol. The van der Waals surface area contributed by atoms with E-state index in [1.807, 2.05) is 0 Å².